The largest absolute Gasteiger partial charge is 0.497 e. The third-order valence-electron chi connectivity index (χ3n) is 3.84. The van der Waals surface area contributed by atoms with Gasteiger partial charge in [-0.1, -0.05) is 6.07 Å². The van der Waals surface area contributed by atoms with Gasteiger partial charge in [-0.15, -0.1) is 12.4 Å². The standard InChI is InChI=1S/C17H25N3O3S.ClH/c1-3-20(17(22)10-14-12-24-8-7-18-14)11-16(21)19-13-5-4-6-15(9-13)23-2;/h4-6,9,14,18H,3,7-8,10-12H2,1-2H3,(H,19,21);1H. The van der Waals surface area contributed by atoms with Gasteiger partial charge in [0.15, 0.2) is 0 Å². The van der Waals surface area contributed by atoms with Crippen LogP contribution in [-0.2, 0) is 9.59 Å². The van der Waals surface area contributed by atoms with Crippen molar-refractivity contribution in [1.82, 2.24) is 10.2 Å². The van der Waals surface area contributed by atoms with Crippen molar-refractivity contribution in [3.63, 3.8) is 0 Å². The number of benzene rings is 1. The van der Waals surface area contributed by atoms with E-state index in [9.17, 15) is 9.59 Å². The first-order chi connectivity index (χ1) is 11.6. The average molecular weight is 388 g/mol. The number of hydrogen-bond acceptors (Lipinski definition) is 5. The Kier molecular flexibility index (Phi) is 9.70. The summed E-state index contributed by atoms with van der Waals surface area (Å²) in [6.45, 7) is 3.40. The highest BCUT2D eigenvalue weighted by atomic mass is 35.5. The minimum Gasteiger partial charge on any atom is -0.497 e. The van der Waals surface area contributed by atoms with E-state index in [0.29, 0.717) is 24.4 Å². The van der Waals surface area contributed by atoms with E-state index in [1.807, 2.05) is 30.8 Å². The third-order valence-corrected chi connectivity index (χ3v) is 4.97. The van der Waals surface area contributed by atoms with Crippen LogP contribution in [-0.4, -0.2) is 61.0 Å². The Balaban J connectivity index is 0.00000312. The van der Waals surface area contributed by atoms with Crippen LogP contribution in [0.25, 0.3) is 0 Å². The van der Waals surface area contributed by atoms with Crippen LogP contribution in [0, 0.1) is 0 Å². The van der Waals surface area contributed by atoms with E-state index in [1.165, 1.54) is 0 Å². The van der Waals surface area contributed by atoms with Crippen LogP contribution in [0.5, 0.6) is 5.75 Å². The first kappa shape index (κ1) is 21.6. The number of amides is 2. The van der Waals surface area contributed by atoms with Gasteiger partial charge in [0, 0.05) is 48.8 Å². The van der Waals surface area contributed by atoms with Crippen molar-refractivity contribution in [2.24, 2.45) is 0 Å². The Hall–Kier alpha value is -1.44. The molecule has 1 aromatic rings. The second kappa shape index (κ2) is 11.2. The molecule has 1 aromatic carbocycles. The Bertz CT molecular complexity index is 568. The fraction of sp³-hybridized carbons (Fsp3) is 0.529. The van der Waals surface area contributed by atoms with Gasteiger partial charge in [-0.25, -0.2) is 0 Å². The fourth-order valence-corrected chi connectivity index (χ4v) is 3.49. The highest BCUT2D eigenvalue weighted by molar-refractivity contribution is 7.99. The van der Waals surface area contributed by atoms with Crippen LogP contribution in [0.2, 0.25) is 0 Å². The Morgan fingerprint density at radius 2 is 2.24 bits per heavy atom. The molecule has 0 aromatic heterocycles. The molecule has 1 fully saturated rings. The van der Waals surface area contributed by atoms with Gasteiger partial charge in [0.2, 0.25) is 11.8 Å². The van der Waals surface area contributed by atoms with Crippen LogP contribution in [0.4, 0.5) is 5.69 Å². The second-order valence-electron chi connectivity index (χ2n) is 5.62. The average Bonchev–Trinajstić information content (AvgIpc) is 2.60. The SMILES string of the molecule is CCN(CC(=O)Nc1cccc(OC)c1)C(=O)CC1CSCCN1.Cl. The van der Waals surface area contributed by atoms with Gasteiger partial charge < -0.3 is 20.3 Å². The van der Waals surface area contributed by atoms with Gasteiger partial charge in [0.25, 0.3) is 0 Å². The van der Waals surface area contributed by atoms with Gasteiger partial charge >= 0.3 is 0 Å². The number of nitrogens with one attached hydrogen (secondary N) is 2. The predicted molar refractivity (Wildman–Crippen MR) is 105 cm³/mol. The lowest BCUT2D eigenvalue weighted by Gasteiger charge is -2.26. The lowest BCUT2D eigenvalue weighted by molar-refractivity contribution is -0.134. The number of hydrogen-bond donors (Lipinski definition) is 2. The Morgan fingerprint density at radius 3 is 2.88 bits per heavy atom. The molecule has 25 heavy (non-hydrogen) atoms. The molecule has 1 aliphatic heterocycles. The van der Waals surface area contributed by atoms with Gasteiger partial charge in [-0.3, -0.25) is 9.59 Å². The molecule has 1 aliphatic rings. The molecule has 1 heterocycles. The van der Waals surface area contributed by atoms with Crippen LogP contribution in [0.15, 0.2) is 24.3 Å². The molecule has 1 atom stereocenters. The number of ether oxygens (including phenoxy) is 1. The molecular formula is C17H26ClN3O3S. The molecule has 140 valence electrons. The van der Waals surface area contributed by atoms with E-state index >= 15 is 0 Å². The van der Waals surface area contributed by atoms with Gasteiger partial charge in [-0.2, -0.15) is 11.8 Å². The fourth-order valence-electron chi connectivity index (χ4n) is 2.54. The van der Waals surface area contributed by atoms with Crippen molar-refractivity contribution in [1.29, 1.82) is 0 Å². The number of carbonyl (C=O) groups excluding carboxylic acids is 2. The molecule has 0 bridgehead atoms. The van der Waals surface area contributed by atoms with E-state index in [4.69, 9.17) is 4.74 Å². The van der Waals surface area contributed by atoms with Gasteiger partial charge in [-0.05, 0) is 19.1 Å². The van der Waals surface area contributed by atoms with Crippen molar-refractivity contribution in [2.75, 3.05) is 43.6 Å². The summed E-state index contributed by atoms with van der Waals surface area (Å²) in [5.74, 6) is 2.52. The number of anilines is 1. The molecule has 6 nitrogen and oxygen atoms in total. The summed E-state index contributed by atoms with van der Waals surface area (Å²) in [6.07, 6.45) is 0.438. The number of methoxy groups -OCH3 is 1. The first-order valence-electron chi connectivity index (χ1n) is 8.15. The normalized spacial score (nSPS) is 16.5. The minimum absolute atomic E-state index is 0. The zero-order valence-corrected chi connectivity index (χ0v) is 16.3. The molecule has 2 rings (SSSR count). The first-order valence-corrected chi connectivity index (χ1v) is 9.30. The van der Waals surface area contributed by atoms with Crippen LogP contribution in [0.1, 0.15) is 13.3 Å². The third kappa shape index (κ3) is 7.13. The summed E-state index contributed by atoms with van der Waals surface area (Å²) in [5.41, 5.74) is 0.660. The summed E-state index contributed by atoms with van der Waals surface area (Å²) in [4.78, 5) is 26.2. The lowest BCUT2D eigenvalue weighted by Crippen LogP contribution is -2.44. The molecule has 1 unspecified atom stereocenters. The monoisotopic (exact) mass is 387 g/mol. The molecule has 0 spiro atoms. The zero-order valence-electron chi connectivity index (χ0n) is 14.6. The van der Waals surface area contributed by atoms with E-state index in [2.05, 4.69) is 10.6 Å². The summed E-state index contributed by atoms with van der Waals surface area (Å²) in [7, 11) is 1.58. The van der Waals surface area contributed by atoms with Crippen LogP contribution < -0.4 is 15.4 Å². The van der Waals surface area contributed by atoms with E-state index in [0.717, 1.165) is 18.1 Å². The van der Waals surface area contributed by atoms with Crippen molar-refractivity contribution < 1.29 is 14.3 Å². The van der Waals surface area contributed by atoms with Crippen molar-refractivity contribution in [3.8, 4) is 5.75 Å². The van der Waals surface area contributed by atoms with Crippen LogP contribution >= 0.6 is 24.2 Å². The minimum atomic E-state index is -0.204. The molecule has 0 saturated carbocycles. The quantitative estimate of drug-likeness (QED) is 0.748. The zero-order chi connectivity index (χ0) is 17.4. The maximum absolute atomic E-state index is 12.4. The van der Waals surface area contributed by atoms with Gasteiger partial charge in [0.1, 0.15) is 5.75 Å². The number of likely N-dealkylation sites (N-methyl/N-ethyl adjacent to an activating group) is 1. The maximum atomic E-state index is 12.4. The number of halogens is 1. The van der Waals surface area contributed by atoms with E-state index in [-0.39, 0.29) is 36.8 Å². The van der Waals surface area contributed by atoms with Gasteiger partial charge in [0.05, 0.1) is 13.7 Å². The summed E-state index contributed by atoms with van der Waals surface area (Å²) < 4.78 is 5.14. The molecule has 0 aliphatic carbocycles. The van der Waals surface area contributed by atoms with E-state index in [1.54, 1.807) is 24.1 Å². The molecule has 8 heteroatoms. The number of carbonyl (C=O) groups is 2. The molecule has 1 saturated heterocycles. The highest BCUT2D eigenvalue weighted by Gasteiger charge is 2.21. The topological polar surface area (TPSA) is 70.7 Å². The Labute approximate surface area is 159 Å². The summed E-state index contributed by atoms with van der Waals surface area (Å²) in [6, 6.07) is 7.36. The molecule has 2 amide bonds. The highest BCUT2D eigenvalue weighted by Crippen LogP contribution is 2.17. The van der Waals surface area contributed by atoms with Crippen molar-refractivity contribution in [3.05, 3.63) is 24.3 Å². The molecule has 0 radical (unpaired) electrons. The second-order valence-corrected chi connectivity index (χ2v) is 6.77. The maximum Gasteiger partial charge on any atom is 0.243 e. The number of rotatable bonds is 7. The van der Waals surface area contributed by atoms with Crippen molar-refractivity contribution in [2.45, 2.75) is 19.4 Å². The summed E-state index contributed by atoms with van der Waals surface area (Å²) in [5, 5.41) is 6.16. The summed E-state index contributed by atoms with van der Waals surface area (Å²) >= 11 is 1.86. The predicted octanol–water partition coefficient (Wildman–Crippen LogP) is 2.00. The molecular weight excluding hydrogens is 362 g/mol. The lowest BCUT2D eigenvalue weighted by atomic mass is 10.2. The smallest absolute Gasteiger partial charge is 0.243 e. The van der Waals surface area contributed by atoms with Crippen molar-refractivity contribution >= 4 is 41.7 Å². The molecule has 2 N–H and O–H groups in total. The van der Waals surface area contributed by atoms with Crippen LogP contribution in [0.3, 0.4) is 0 Å². The Morgan fingerprint density at radius 1 is 1.44 bits per heavy atom. The number of nitrogens with zero attached hydrogens (tertiary/aromatic N) is 1. The van der Waals surface area contributed by atoms with E-state index < -0.39 is 0 Å². The number of thioether (sulfide) groups is 1.